The second kappa shape index (κ2) is 5.74. The molecule has 1 rings (SSSR count). The van der Waals surface area contributed by atoms with Crippen LogP contribution in [0.1, 0.15) is 48.9 Å². The average molecular weight is 267 g/mol. The van der Waals surface area contributed by atoms with E-state index in [9.17, 15) is 9.90 Å². The van der Waals surface area contributed by atoms with E-state index < -0.39 is 0 Å². The quantitative estimate of drug-likeness (QED) is 0.870. The van der Waals surface area contributed by atoms with Gasteiger partial charge in [-0.25, -0.2) is 0 Å². The summed E-state index contributed by atoms with van der Waals surface area (Å²) in [5, 5.41) is 16.5. The topological polar surface area (TPSA) is 67.2 Å². The molecule has 0 aliphatic heterocycles. The number of nitrogens with zero attached hydrogens (tertiary/aromatic N) is 2. The van der Waals surface area contributed by atoms with E-state index in [4.69, 9.17) is 0 Å². The Labute approximate surface area is 115 Å². The van der Waals surface area contributed by atoms with Gasteiger partial charge in [-0.05, 0) is 25.7 Å². The molecule has 5 heteroatoms. The highest BCUT2D eigenvalue weighted by molar-refractivity contribution is 5.96. The van der Waals surface area contributed by atoms with Gasteiger partial charge >= 0.3 is 0 Å². The van der Waals surface area contributed by atoms with Crippen LogP contribution in [0.5, 0.6) is 0 Å². The molecule has 1 amide bonds. The predicted octanol–water partition coefficient (Wildman–Crippen LogP) is 1.56. The first-order chi connectivity index (χ1) is 8.65. The fraction of sp³-hybridized carbons (Fsp3) is 0.714. The van der Waals surface area contributed by atoms with Gasteiger partial charge in [-0.3, -0.25) is 9.48 Å². The zero-order chi connectivity index (χ0) is 14.8. The van der Waals surface area contributed by atoms with Gasteiger partial charge in [-0.1, -0.05) is 20.8 Å². The Morgan fingerprint density at radius 1 is 1.42 bits per heavy atom. The van der Waals surface area contributed by atoms with Crippen molar-refractivity contribution in [1.82, 2.24) is 15.1 Å². The molecule has 2 N–H and O–H groups in total. The zero-order valence-corrected chi connectivity index (χ0v) is 12.7. The molecule has 0 fully saturated rings. The van der Waals surface area contributed by atoms with Crippen LogP contribution in [0.2, 0.25) is 0 Å². The first kappa shape index (κ1) is 15.7. The van der Waals surface area contributed by atoms with E-state index in [0.29, 0.717) is 11.3 Å². The first-order valence-corrected chi connectivity index (χ1v) is 6.57. The maximum atomic E-state index is 12.3. The van der Waals surface area contributed by atoms with Gasteiger partial charge in [0.25, 0.3) is 5.91 Å². The van der Waals surface area contributed by atoms with Crippen molar-refractivity contribution in [3.8, 4) is 0 Å². The Morgan fingerprint density at radius 3 is 2.37 bits per heavy atom. The average Bonchev–Trinajstić information content (AvgIpc) is 2.50. The lowest BCUT2D eigenvalue weighted by Crippen LogP contribution is -2.40. The fourth-order valence-corrected chi connectivity index (χ4v) is 2.26. The van der Waals surface area contributed by atoms with E-state index in [1.54, 1.807) is 4.68 Å². The lowest BCUT2D eigenvalue weighted by atomic mass is 9.88. The maximum Gasteiger partial charge on any atom is 0.255 e. The van der Waals surface area contributed by atoms with Crippen LogP contribution < -0.4 is 5.32 Å². The number of nitrogens with one attached hydrogen (secondary N) is 1. The molecule has 0 bridgehead atoms. The van der Waals surface area contributed by atoms with Crippen LogP contribution in [0.25, 0.3) is 0 Å². The smallest absolute Gasteiger partial charge is 0.255 e. The summed E-state index contributed by atoms with van der Waals surface area (Å²) < 4.78 is 1.70. The van der Waals surface area contributed by atoms with Crippen LogP contribution in [-0.2, 0) is 7.05 Å². The molecule has 108 valence electrons. The molecule has 1 aromatic rings. The van der Waals surface area contributed by atoms with Crippen LogP contribution in [-0.4, -0.2) is 33.4 Å². The van der Waals surface area contributed by atoms with Crippen molar-refractivity contribution in [2.24, 2.45) is 12.5 Å². The molecule has 1 aromatic heterocycles. The molecule has 0 aromatic carbocycles. The van der Waals surface area contributed by atoms with Gasteiger partial charge in [0.1, 0.15) is 0 Å². The molecular weight excluding hydrogens is 242 g/mol. The van der Waals surface area contributed by atoms with E-state index in [2.05, 4.69) is 31.2 Å². The Morgan fingerprint density at radius 2 is 2.00 bits per heavy atom. The minimum absolute atomic E-state index is 0.0542. The molecule has 0 spiro atoms. The third-order valence-electron chi connectivity index (χ3n) is 3.15. The van der Waals surface area contributed by atoms with E-state index in [-0.39, 0.29) is 24.0 Å². The standard InChI is InChI=1S/C14H25N3O2/c1-9-12(10(2)17(6)16-9)13(19)15-11(8-18)7-14(3,4)5/h11,18H,7-8H2,1-6H3,(H,15,19). The van der Waals surface area contributed by atoms with Gasteiger partial charge in [-0.2, -0.15) is 5.10 Å². The van der Waals surface area contributed by atoms with Gasteiger partial charge in [-0.15, -0.1) is 0 Å². The normalized spacial score (nSPS) is 13.4. The fourth-order valence-electron chi connectivity index (χ4n) is 2.26. The number of carbonyl (C=O) groups excluding carboxylic acids is 1. The Balaban J connectivity index is 2.83. The van der Waals surface area contributed by atoms with Crippen LogP contribution in [0.15, 0.2) is 0 Å². The molecule has 1 atom stereocenters. The summed E-state index contributed by atoms with van der Waals surface area (Å²) in [4.78, 5) is 12.3. The van der Waals surface area contributed by atoms with Crippen LogP contribution in [0.3, 0.4) is 0 Å². The number of aliphatic hydroxyl groups is 1. The third-order valence-corrected chi connectivity index (χ3v) is 3.15. The number of aryl methyl sites for hydroxylation is 2. The molecule has 0 radical (unpaired) electrons. The highest BCUT2D eigenvalue weighted by atomic mass is 16.3. The van der Waals surface area contributed by atoms with E-state index >= 15 is 0 Å². The van der Waals surface area contributed by atoms with Gasteiger partial charge in [0.2, 0.25) is 0 Å². The monoisotopic (exact) mass is 267 g/mol. The van der Waals surface area contributed by atoms with Crippen LogP contribution in [0, 0.1) is 19.3 Å². The van der Waals surface area contributed by atoms with Gasteiger partial charge < -0.3 is 10.4 Å². The van der Waals surface area contributed by atoms with Gasteiger partial charge in [0, 0.05) is 12.7 Å². The highest BCUT2D eigenvalue weighted by Gasteiger charge is 2.23. The minimum atomic E-state index is -0.230. The second-order valence-corrected chi connectivity index (χ2v) is 6.29. The van der Waals surface area contributed by atoms with Gasteiger partial charge in [0.05, 0.1) is 23.9 Å². The molecule has 0 aliphatic carbocycles. The third kappa shape index (κ3) is 4.06. The number of hydrogen-bond acceptors (Lipinski definition) is 3. The van der Waals surface area contributed by atoms with Gasteiger partial charge in [0.15, 0.2) is 0 Å². The van der Waals surface area contributed by atoms with E-state index in [1.165, 1.54) is 0 Å². The molecule has 1 unspecified atom stereocenters. The van der Waals surface area contributed by atoms with Crippen LogP contribution in [0.4, 0.5) is 0 Å². The number of amides is 1. The molecule has 0 saturated carbocycles. The summed E-state index contributed by atoms with van der Waals surface area (Å²) in [5.74, 6) is -0.161. The van der Waals surface area contributed by atoms with Crippen molar-refractivity contribution in [2.45, 2.75) is 47.1 Å². The molecule has 19 heavy (non-hydrogen) atoms. The summed E-state index contributed by atoms with van der Waals surface area (Å²) in [6.07, 6.45) is 0.730. The van der Waals surface area contributed by atoms with Crippen molar-refractivity contribution in [2.75, 3.05) is 6.61 Å². The molecule has 0 saturated heterocycles. The number of aromatic nitrogens is 2. The second-order valence-electron chi connectivity index (χ2n) is 6.29. The molecule has 5 nitrogen and oxygen atoms in total. The SMILES string of the molecule is Cc1nn(C)c(C)c1C(=O)NC(CO)CC(C)(C)C. The molecular formula is C14H25N3O2. The predicted molar refractivity (Wildman–Crippen MR) is 75.1 cm³/mol. The Kier molecular flexibility index (Phi) is 4.74. The minimum Gasteiger partial charge on any atom is -0.394 e. The zero-order valence-electron chi connectivity index (χ0n) is 12.7. The van der Waals surface area contributed by atoms with Crippen molar-refractivity contribution >= 4 is 5.91 Å². The summed E-state index contributed by atoms with van der Waals surface area (Å²) >= 11 is 0. The maximum absolute atomic E-state index is 12.3. The number of aliphatic hydroxyl groups excluding tert-OH is 1. The van der Waals surface area contributed by atoms with Crippen molar-refractivity contribution < 1.29 is 9.90 Å². The highest BCUT2D eigenvalue weighted by Crippen LogP contribution is 2.21. The summed E-state index contributed by atoms with van der Waals surface area (Å²) in [6, 6.07) is -0.230. The van der Waals surface area contributed by atoms with Crippen molar-refractivity contribution in [3.05, 3.63) is 17.0 Å². The number of carbonyl (C=O) groups is 1. The van der Waals surface area contributed by atoms with E-state index in [1.807, 2.05) is 20.9 Å². The molecule has 1 heterocycles. The van der Waals surface area contributed by atoms with E-state index in [0.717, 1.165) is 12.1 Å². The summed E-state index contributed by atoms with van der Waals surface area (Å²) in [6.45, 7) is 9.89. The summed E-state index contributed by atoms with van der Waals surface area (Å²) in [5.41, 5.74) is 2.21. The first-order valence-electron chi connectivity index (χ1n) is 6.57. The Hall–Kier alpha value is -1.36. The largest absolute Gasteiger partial charge is 0.394 e. The lowest BCUT2D eigenvalue weighted by molar-refractivity contribution is 0.0896. The lowest BCUT2D eigenvalue weighted by Gasteiger charge is -2.25. The summed E-state index contributed by atoms with van der Waals surface area (Å²) in [7, 11) is 1.82. The number of hydrogen-bond donors (Lipinski definition) is 2. The Bertz CT molecular complexity index is 458. The van der Waals surface area contributed by atoms with Crippen molar-refractivity contribution in [1.29, 1.82) is 0 Å². The van der Waals surface area contributed by atoms with Crippen molar-refractivity contribution in [3.63, 3.8) is 0 Å². The molecule has 0 aliphatic rings. The van der Waals surface area contributed by atoms with Crippen LogP contribution >= 0.6 is 0 Å². The number of rotatable bonds is 4.